The Morgan fingerprint density at radius 1 is 1.07 bits per heavy atom. The lowest BCUT2D eigenvalue weighted by Crippen LogP contribution is -2.55. The lowest BCUT2D eigenvalue weighted by Gasteiger charge is -2.41. The molecule has 1 amide bonds. The van der Waals surface area contributed by atoms with Gasteiger partial charge in [-0.05, 0) is 87.8 Å². The van der Waals surface area contributed by atoms with E-state index < -0.39 is 0 Å². The maximum atomic E-state index is 13.0. The molecule has 40 heavy (non-hydrogen) atoms. The first kappa shape index (κ1) is 28.8. The predicted molar refractivity (Wildman–Crippen MR) is 163 cm³/mol. The third kappa shape index (κ3) is 6.27. The standard InChI is InChI=1S/C33H47N5O2/c1-22(2)31-28-19-26(7-8-29(28)36-32(31)27-17-23(3)35-24(4)18-27)25-9-11-37(12-10-25)30(39)20-34-21-33(5,6)38-13-15-40-16-14-38/h7-8,17-19,22,25,34,36H,9-16,20-21H2,1-6H3. The van der Waals surface area contributed by atoms with Gasteiger partial charge in [0, 0.05) is 66.1 Å². The number of nitrogens with one attached hydrogen (secondary N) is 2. The van der Waals surface area contributed by atoms with Gasteiger partial charge in [0.2, 0.25) is 5.91 Å². The first-order valence-corrected chi connectivity index (χ1v) is 15.0. The van der Waals surface area contributed by atoms with Crippen molar-refractivity contribution < 1.29 is 9.53 Å². The highest BCUT2D eigenvalue weighted by Gasteiger charge is 2.29. The van der Waals surface area contributed by atoms with E-state index in [1.165, 1.54) is 33.3 Å². The zero-order chi connectivity index (χ0) is 28.4. The smallest absolute Gasteiger partial charge is 0.236 e. The Hall–Kier alpha value is -2.74. The van der Waals surface area contributed by atoms with Crippen LogP contribution in [0.1, 0.15) is 74.9 Å². The molecule has 4 heterocycles. The Balaban J connectivity index is 1.22. The highest BCUT2D eigenvalue weighted by molar-refractivity contribution is 5.92. The van der Waals surface area contributed by atoms with Gasteiger partial charge < -0.3 is 19.9 Å². The number of aromatic amines is 1. The molecule has 2 saturated heterocycles. The van der Waals surface area contributed by atoms with E-state index in [0.29, 0.717) is 18.4 Å². The quantitative estimate of drug-likeness (QED) is 0.398. The fraction of sp³-hybridized carbons (Fsp3) is 0.576. The number of fused-ring (bicyclic) bond motifs is 1. The summed E-state index contributed by atoms with van der Waals surface area (Å²) in [7, 11) is 0. The van der Waals surface area contributed by atoms with Gasteiger partial charge in [0.15, 0.2) is 0 Å². The Morgan fingerprint density at radius 3 is 2.40 bits per heavy atom. The van der Waals surface area contributed by atoms with Crippen LogP contribution < -0.4 is 5.32 Å². The Kier molecular flexibility index (Phi) is 8.64. The van der Waals surface area contributed by atoms with Crippen LogP contribution in [0.25, 0.3) is 22.2 Å². The van der Waals surface area contributed by atoms with Crippen LogP contribution in [0, 0.1) is 13.8 Å². The van der Waals surface area contributed by atoms with Gasteiger partial charge in [-0.3, -0.25) is 14.7 Å². The number of carbonyl (C=O) groups excluding carboxylic acids is 1. The molecule has 0 aliphatic carbocycles. The van der Waals surface area contributed by atoms with Crippen LogP contribution in [-0.2, 0) is 9.53 Å². The molecule has 216 valence electrons. The maximum Gasteiger partial charge on any atom is 0.236 e. The minimum atomic E-state index is 0.0116. The van der Waals surface area contributed by atoms with Crippen molar-refractivity contribution in [2.75, 3.05) is 52.5 Å². The molecule has 0 radical (unpaired) electrons. The van der Waals surface area contributed by atoms with Gasteiger partial charge in [0.05, 0.1) is 25.5 Å². The van der Waals surface area contributed by atoms with Crippen molar-refractivity contribution in [2.24, 2.45) is 0 Å². The van der Waals surface area contributed by atoms with E-state index in [0.717, 1.165) is 70.2 Å². The van der Waals surface area contributed by atoms with Crippen LogP contribution in [0.3, 0.4) is 0 Å². The molecule has 0 saturated carbocycles. The van der Waals surface area contributed by atoms with E-state index >= 15 is 0 Å². The van der Waals surface area contributed by atoms with E-state index in [9.17, 15) is 4.79 Å². The number of nitrogens with zero attached hydrogens (tertiary/aromatic N) is 3. The highest BCUT2D eigenvalue weighted by atomic mass is 16.5. The summed E-state index contributed by atoms with van der Waals surface area (Å²) in [6.07, 6.45) is 2.01. The molecule has 2 aliphatic heterocycles. The largest absolute Gasteiger partial charge is 0.379 e. The highest BCUT2D eigenvalue weighted by Crippen LogP contribution is 2.38. The van der Waals surface area contributed by atoms with Crippen molar-refractivity contribution >= 4 is 16.8 Å². The first-order valence-electron chi connectivity index (χ1n) is 15.0. The van der Waals surface area contributed by atoms with Crippen LogP contribution in [0.4, 0.5) is 0 Å². The lowest BCUT2D eigenvalue weighted by atomic mass is 9.87. The minimum absolute atomic E-state index is 0.0116. The molecular formula is C33H47N5O2. The number of amides is 1. The Morgan fingerprint density at radius 2 is 1.75 bits per heavy atom. The van der Waals surface area contributed by atoms with E-state index in [2.05, 4.69) is 92.1 Å². The number of piperidine rings is 1. The average molecular weight is 546 g/mol. The number of aryl methyl sites for hydroxylation is 2. The van der Waals surface area contributed by atoms with Crippen LogP contribution in [-0.4, -0.2) is 83.7 Å². The fourth-order valence-corrected chi connectivity index (χ4v) is 6.62. The number of hydrogen-bond donors (Lipinski definition) is 2. The number of likely N-dealkylation sites (tertiary alicyclic amines) is 1. The second kappa shape index (κ2) is 12.0. The monoisotopic (exact) mass is 545 g/mol. The molecular weight excluding hydrogens is 498 g/mol. The van der Waals surface area contributed by atoms with Gasteiger partial charge in [-0.1, -0.05) is 19.9 Å². The van der Waals surface area contributed by atoms with Crippen LogP contribution >= 0.6 is 0 Å². The second-order valence-corrected chi connectivity index (χ2v) is 12.7. The number of carbonyl (C=O) groups is 1. The zero-order valence-corrected chi connectivity index (χ0v) is 25.3. The number of pyridine rings is 1. The Bertz CT molecular complexity index is 1310. The fourth-order valence-electron chi connectivity index (χ4n) is 6.62. The van der Waals surface area contributed by atoms with Gasteiger partial charge in [-0.25, -0.2) is 0 Å². The predicted octanol–water partition coefficient (Wildman–Crippen LogP) is 5.38. The van der Waals surface area contributed by atoms with E-state index in [-0.39, 0.29) is 11.4 Å². The molecule has 0 bridgehead atoms. The molecule has 0 spiro atoms. The zero-order valence-electron chi connectivity index (χ0n) is 25.3. The Labute approximate surface area is 239 Å². The number of morpholine rings is 1. The minimum Gasteiger partial charge on any atom is -0.379 e. The molecule has 2 aliphatic rings. The second-order valence-electron chi connectivity index (χ2n) is 12.7. The molecule has 7 heteroatoms. The van der Waals surface area contributed by atoms with Crippen LogP contribution in [0.5, 0.6) is 0 Å². The third-order valence-electron chi connectivity index (χ3n) is 8.83. The van der Waals surface area contributed by atoms with Crippen molar-refractivity contribution in [3.63, 3.8) is 0 Å². The van der Waals surface area contributed by atoms with Crippen molar-refractivity contribution in [2.45, 2.75) is 71.8 Å². The topological polar surface area (TPSA) is 73.5 Å². The van der Waals surface area contributed by atoms with Gasteiger partial charge in [-0.15, -0.1) is 0 Å². The van der Waals surface area contributed by atoms with Crippen LogP contribution in [0.2, 0.25) is 0 Å². The van der Waals surface area contributed by atoms with Gasteiger partial charge in [0.1, 0.15) is 0 Å². The summed E-state index contributed by atoms with van der Waals surface area (Å²) in [5.74, 6) is 1.09. The van der Waals surface area contributed by atoms with E-state index in [1.807, 2.05) is 4.90 Å². The first-order chi connectivity index (χ1) is 19.1. The maximum absolute atomic E-state index is 13.0. The summed E-state index contributed by atoms with van der Waals surface area (Å²) >= 11 is 0. The molecule has 1 aromatic carbocycles. The summed E-state index contributed by atoms with van der Waals surface area (Å²) in [4.78, 5) is 25.8. The number of H-pyrrole nitrogens is 1. The van der Waals surface area contributed by atoms with Crippen molar-refractivity contribution in [1.82, 2.24) is 25.1 Å². The molecule has 0 atom stereocenters. The van der Waals surface area contributed by atoms with Gasteiger partial charge in [-0.2, -0.15) is 0 Å². The van der Waals surface area contributed by atoms with Crippen molar-refractivity contribution in [3.05, 3.63) is 52.8 Å². The van der Waals surface area contributed by atoms with Crippen molar-refractivity contribution in [3.8, 4) is 11.3 Å². The number of benzene rings is 1. The summed E-state index contributed by atoms with van der Waals surface area (Å²) in [5.41, 5.74) is 8.47. The average Bonchev–Trinajstić information content (AvgIpc) is 3.32. The molecule has 3 aromatic rings. The summed E-state index contributed by atoms with van der Waals surface area (Å²) < 4.78 is 5.50. The summed E-state index contributed by atoms with van der Waals surface area (Å²) in [6.45, 7) is 19.5. The molecule has 7 nitrogen and oxygen atoms in total. The summed E-state index contributed by atoms with van der Waals surface area (Å²) in [6, 6.07) is 11.3. The van der Waals surface area contributed by atoms with Gasteiger partial charge >= 0.3 is 0 Å². The summed E-state index contributed by atoms with van der Waals surface area (Å²) in [5, 5.41) is 4.76. The molecule has 2 fully saturated rings. The molecule has 5 rings (SSSR count). The molecule has 2 aromatic heterocycles. The van der Waals surface area contributed by atoms with E-state index in [1.54, 1.807) is 0 Å². The number of rotatable bonds is 8. The van der Waals surface area contributed by atoms with E-state index in [4.69, 9.17) is 4.74 Å². The third-order valence-corrected chi connectivity index (χ3v) is 8.83. The number of ether oxygens (including phenoxy) is 1. The normalized spacial score (nSPS) is 17.7. The lowest BCUT2D eigenvalue weighted by molar-refractivity contribution is -0.131. The SMILES string of the molecule is Cc1cc(-c2[nH]c3ccc(C4CCN(C(=O)CNCC(C)(C)N5CCOCC5)CC4)cc3c2C(C)C)cc(C)n1. The number of aromatic nitrogens is 2. The molecule has 2 N–H and O–H groups in total. The van der Waals surface area contributed by atoms with Crippen molar-refractivity contribution in [1.29, 1.82) is 0 Å². The van der Waals surface area contributed by atoms with Crippen LogP contribution in [0.15, 0.2) is 30.3 Å². The molecule has 0 unspecified atom stereocenters. The van der Waals surface area contributed by atoms with Gasteiger partial charge in [0.25, 0.3) is 0 Å². The number of hydrogen-bond acceptors (Lipinski definition) is 5.